The minimum absolute atomic E-state index is 0.196. The normalized spacial score (nSPS) is 22.0. The van der Waals surface area contributed by atoms with E-state index in [2.05, 4.69) is 0 Å². The van der Waals surface area contributed by atoms with E-state index in [1.54, 1.807) is 23.1 Å². The summed E-state index contributed by atoms with van der Waals surface area (Å²) in [5.41, 5.74) is -0.452. The van der Waals surface area contributed by atoms with Crippen LogP contribution in [0.3, 0.4) is 0 Å². The van der Waals surface area contributed by atoms with Gasteiger partial charge in [-0.05, 0) is 36.5 Å². The van der Waals surface area contributed by atoms with Crippen molar-refractivity contribution in [1.29, 1.82) is 0 Å². The molecule has 1 unspecified atom stereocenters. The fourth-order valence-electron chi connectivity index (χ4n) is 2.54. The molecule has 122 valence electrons. The van der Waals surface area contributed by atoms with E-state index in [9.17, 15) is 9.90 Å². The summed E-state index contributed by atoms with van der Waals surface area (Å²) in [7, 11) is 0. The highest BCUT2D eigenvalue weighted by Gasteiger charge is 2.37. The number of benzene rings is 1. The second-order valence-electron chi connectivity index (χ2n) is 6.16. The van der Waals surface area contributed by atoms with Crippen molar-refractivity contribution in [3.05, 3.63) is 33.8 Å². The van der Waals surface area contributed by atoms with E-state index >= 15 is 0 Å². The first kappa shape index (κ1) is 17.4. The van der Waals surface area contributed by atoms with Crippen molar-refractivity contribution in [3.63, 3.8) is 0 Å². The van der Waals surface area contributed by atoms with Crippen molar-refractivity contribution in [1.82, 2.24) is 4.90 Å². The van der Waals surface area contributed by atoms with Gasteiger partial charge in [0.05, 0.1) is 23.2 Å². The summed E-state index contributed by atoms with van der Waals surface area (Å²) < 4.78 is 5.24. The monoisotopic (exact) mass is 345 g/mol. The van der Waals surface area contributed by atoms with Crippen LogP contribution < -0.4 is 0 Å². The van der Waals surface area contributed by atoms with Crippen molar-refractivity contribution in [2.24, 2.45) is 5.92 Å². The predicted molar refractivity (Wildman–Crippen MR) is 87.4 cm³/mol. The average molecular weight is 346 g/mol. The van der Waals surface area contributed by atoms with Gasteiger partial charge in [-0.1, -0.05) is 43.1 Å². The summed E-state index contributed by atoms with van der Waals surface area (Å²) in [4.78, 5) is 13.6. The molecular weight excluding hydrogens is 325 g/mol. The zero-order valence-electron chi connectivity index (χ0n) is 12.8. The van der Waals surface area contributed by atoms with E-state index in [4.69, 9.17) is 27.9 Å². The number of halogens is 2. The lowest BCUT2D eigenvalue weighted by atomic mass is 9.86. The predicted octanol–water partition coefficient (Wildman–Crippen LogP) is 4.07. The molecule has 1 aliphatic heterocycles. The van der Waals surface area contributed by atoms with E-state index in [0.29, 0.717) is 41.6 Å². The molecule has 1 heterocycles. The van der Waals surface area contributed by atoms with Gasteiger partial charge in [-0.2, -0.15) is 0 Å². The molecule has 1 atom stereocenters. The highest BCUT2D eigenvalue weighted by molar-refractivity contribution is 6.42. The maximum absolute atomic E-state index is 12.1. The summed E-state index contributed by atoms with van der Waals surface area (Å²) >= 11 is 11.9. The van der Waals surface area contributed by atoms with Crippen LogP contribution in [-0.4, -0.2) is 35.8 Å². The van der Waals surface area contributed by atoms with E-state index in [0.717, 1.165) is 0 Å². The molecule has 1 aromatic rings. The molecule has 0 saturated carbocycles. The Morgan fingerprint density at radius 3 is 2.77 bits per heavy atom. The maximum atomic E-state index is 12.1. The summed E-state index contributed by atoms with van der Waals surface area (Å²) in [5.74, 6) is 0.280. The minimum Gasteiger partial charge on any atom is -0.449 e. The average Bonchev–Trinajstić information content (AvgIpc) is 2.47. The molecule has 6 heteroatoms. The van der Waals surface area contributed by atoms with Crippen LogP contribution in [0.4, 0.5) is 4.79 Å². The lowest BCUT2D eigenvalue weighted by molar-refractivity contribution is -0.0349. The zero-order valence-corrected chi connectivity index (χ0v) is 14.3. The van der Waals surface area contributed by atoms with E-state index in [1.165, 1.54) is 0 Å². The Morgan fingerprint density at radius 1 is 1.41 bits per heavy atom. The Balaban J connectivity index is 2.11. The number of β-amino-alcohol motifs (C(OH)–C–C–N with tert-alkyl or cyclic N) is 1. The topological polar surface area (TPSA) is 49.8 Å². The minimum atomic E-state index is -1.12. The number of carbonyl (C=O) groups excluding carboxylic acids is 1. The number of ether oxygens (including phenoxy) is 1. The van der Waals surface area contributed by atoms with Gasteiger partial charge in [0.25, 0.3) is 0 Å². The summed E-state index contributed by atoms with van der Waals surface area (Å²) in [6, 6.07) is 5.07. The molecule has 4 nitrogen and oxygen atoms in total. The number of likely N-dealkylation sites (tertiary alicyclic amines) is 1. The van der Waals surface area contributed by atoms with Gasteiger partial charge in [0.15, 0.2) is 0 Å². The SMILES string of the molecule is CC(C)COC(=O)N1CCCC(O)(c2ccc(Cl)c(Cl)c2)C1. The van der Waals surface area contributed by atoms with Crippen molar-refractivity contribution >= 4 is 29.3 Å². The molecule has 0 aliphatic carbocycles. The third-order valence-electron chi connectivity index (χ3n) is 3.73. The van der Waals surface area contributed by atoms with Gasteiger partial charge in [-0.25, -0.2) is 4.79 Å². The van der Waals surface area contributed by atoms with E-state index < -0.39 is 5.60 Å². The molecule has 0 bridgehead atoms. The van der Waals surface area contributed by atoms with Crippen LogP contribution in [0.5, 0.6) is 0 Å². The van der Waals surface area contributed by atoms with Crippen LogP contribution in [0, 0.1) is 5.92 Å². The Kier molecular flexibility index (Phi) is 5.59. The Hall–Kier alpha value is -0.970. The summed E-state index contributed by atoms with van der Waals surface area (Å²) in [5, 5.41) is 11.7. The highest BCUT2D eigenvalue weighted by Crippen LogP contribution is 2.35. The van der Waals surface area contributed by atoms with Gasteiger partial charge in [0.1, 0.15) is 5.60 Å². The third-order valence-corrected chi connectivity index (χ3v) is 4.47. The van der Waals surface area contributed by atoms with Gasteiger partial charge in [0, 0.05) is 6.54 Å². The van der Waals surface area contributed by atoms with Crippen molar-refractivity contribution < 1.29 is 14.6 Å². The quantitative estimate of drug-likeness (QED) is 0.898. The first-order chi connectivity index (χ1) is 10.3. The van der Waals surface area contributed by atoms with E-state index in [1.807, 2.05) is 13.8 Å². The standard InChI is InChI=1S/C16H21Cl2NO3/c1-11(2)9-22-15(20)19-7-3-6-16(21,10-19)12-4-5-13(17)14(18)8-12/h4-5,8,11,21H,3,6-7,9-10H2,1-2H3. The summed E-state index contributed by atoms with van der Waals surface area (Å²) in [6.45, 7) is 5.12. The van der Waals surface area contributed by atoms with Crippen LogP contribution in [0.1, 0.15) is 32.3 Å². The number of rotatable bonds is 3. The van der Waals surface area contributed by atoms with Crippen LogP contribution >= 0.6 is 23.2 Å². The summed E-state index contributed by atoms with van der Waals surface area (Å²) in [6.07, 6.45) is 0.888. The molecule has 1 aliphatic rings. The number of aliphatic hydroxyl groups is 1. The molecule has 2 rings (SSSR count). The van der Waals surface area contributed by atoms with Gasteiger partial charge in [-0.15, -0.1) is 0 Å². The number of carbonyl (C=O) groups is 1. The molecule has 0 aromatic heterocycles. The van der Waals surface area contributed by atoms with Crippen LogP contribution in [0.15, 0.2) is 18.2 Å². The third kappa shape index (κ3) is 4.06. The number of hydrogen-bond acceptors (Lipinski definition) is 3. The first-order valence-electron chi connectivity index (χ1n) is 7.41. The Labute approximate surface area is 141 Å². The molecule has 1 N–H and O–H groups in total. The molecule has 1 fully saturated rings. The number of nitrogens with zero attached hydrogens (tertiary/aromatic N) is 1. The number of hydrogen-bond donors (Lipinski definition) is 1. The first-order valence-corrected chi connectivity index (χ1v) is 8.17. The zero-order chi connectivity index (χ0) is 16.3. The van der Waals surface area contributed by atoms with Gasteiger partial charge >= 0.3 is 6.09 Å². The van der Waals surface area contributed by atoms with Crippen LogP contribution in [0.2, 0.25) is 10.0 Å². The largest absolute Gasteiger partial charge is 0.449 e. The molecule has 0 radical (unpaired) electrons. The number of amides is 1. The molecule has 22 heavy (non-hydrogen) atoms. The Morgan fingerprint density at radius 2 is 2.14 bits per heavy atom. The van der Waals surface area contributed by atoms with Crippen molar-refractivity contribution in [3.8, 4) is 0 Å². The molecule has 0 spiro atoms. The lowest BCUT2D eigenvalue weighted by Crippen LogP contribution is -2.48. The maximum Gasteiger partial charge on any atom is 0.409 e. The molecule has 1 aromatic carbocycles. The smallest absolute Gasteiger partial charge is 0.409 e. The second kappa shape index (κ2) is 7.07. The highest BCUT2D eigenvalue weighted by atomic mass is 35.5. The molecular formula is C16H21Cl2NO3. The van der Waals surface area contributed by atoms with Gasteiger partial charge < -0.3 is 14.7 Å². The molecule has 1 amide bonds. The fourth-order valence-corrected chi connectivity index (χ4v) is 2.84. The Bertz CT molecular complexity index is 550. The second-order valence-corrected chi connectivity index (χ2v) is 6.97. The van der Waals surface area contributed by atoms with Crippen molar-refractivity contribution in [2.75, 3.05) is 19.7 Å². The van der Waals surface area contributed by atoms with Crippen LogP contribution in [-0.2, 0) is 10.3 Å². The van der Waals surface area contributed by atoms with Crippen LogP contribution in [0.25, 0.3) is 0 Å². The number of piperidine rings is 1. The fraction of sp³-hybridized carbons (Fsp3) is 0.562. The lowest BCUT2D eigenvalue weighted by Gasteiger charge is -2.39. The van der Waals surface area contributed by atoms with Gasteiger partial charge in [0.2, 0.25) is 0 Å². The van der Waals surface area contributed by atoms with Gasteiger partial charge in [-0.3, -0.25) is 0 Å². The van der Waals surface area contributed by atoms with Crippen molar-refractivity contribution in [2.45, 2.75) is 32.3 Å². The molecule has 1 saturated heterocycles. The van der Waals surface area contributed by atoms with E-state index in [-0.39, 0.29) is 18.6 Å².